The van der Waals surface area contributed by atoms with Gasteiger partial charge in [-0.3, -0.25) is 4.79 Å². The van der Waals surface area contributed by atoms with Gasteiger partial charge in [-0.15, -0.1) is 0 Å². The summed E-state index contributed by atoms with van der Waals surface area (Å²) in [4.78, 5) is 11.5. The van der Waals surface area contributed by atoms with Crippen LogP contribution in [0.2, 0.25) is 0 Å². The summed E-state index contributed by atoms with van der Waals surface area (Å²) in [5, 5.41) is 0. The van der Waals surface area contributed by atoms with Gasteiger partial charge in [0.05, 0.1) is 0 Å². The summed E-state index contributed by atoms with van der Waals surface area (Å²) in [6.45, 7) is 3.33. The molecular weight excluding hydrogens is 241 g/mol. The van der Waals surface area contributed by atoms with Crippen LogP contribution in [0.5, 0.6) is 0 Å². The van der Waals surface area contributed by atoms with E-state index in [1.807, 2.05) is 0 Å². The van der Waals surface area contributed by atoms with Crippen molar-refractivity contribution < 1.29 is 18.0 Å². The fourth-order valence-electron chi connectivity index (χ4n) is 2.39. The van der Waals surface area contributed by atoms with Crippen molar-refractivity contribution >= 4 is 11.4 Å². The number of carbonyl (C=O) groups is 1. The maximum absolute atomic E-state index is 12.6. The number of ketones is 1. The number of hydrogen-bond acceptors (Lipinski definition) is 1. The molecule has 0 radical (unpaired) electrons. The highest BCUT2D eigenvalue weighted by Gasteiger charge is 2.51. The molecule has 0 amide bonds. The number of hydrogen-bond donors (Lipinski definition) is 0. The van der Waals surface area contributed by atoms with Gasteiger partial charge in [-0.05, 0) is 23.0 Å². The van der Waals surface area contributed by atoms with Crippen LogP contribution in [0.15, 0.2) is 35.9 Å². The van der Waals surface area contributed by atoms with Crippen LogP contribution < -0.4 is 0 Å². The first-order valence-corrected chi connectivity index (χ1v) is 5.64. The second-order valence-electron chi connectivity index (χ2n) is 5.11. The minimum atomic E-state index is -4.80. The molecule has 1 nitrogen and oxygen atoms in total. The molecule has 1 aromatic rings. The van der Waals surface area contributed by atoms with Gasteiger partial charge in [-0.25, -0.2) is 0 Å². The topological polar surface area (TPSA) is 17.1 Å². The number of halogens is 3. The zero-order chi connectivity index (χ0) is 13.6. The Labute approximate surface area is 103 Å². The number of rotatable bonds is 2. The lowest BCUT2D eigenvalue weighted by atomic mass is 9.63. The predicted octanol–water partition coefficient (Wildman–Crippen LogP) is 4.00. The summed E-state index contributed by atoms with van der Waals surface area (Å²) in [6.07, 6.45) is -4.30. The van der Waals surface area contributed by atoms with Gasteiger partial charge in [0.25, 0.3) is 5.78 Å². The van der Waals surface area contributed by atoms with E-state index in [0.717, 1.165) is 0 Å². The van der Waals surface area contributed by atoms with Crippen LogP contribution in [-0.4, -0.2) is 12.0 Å². The van der Waals surface area contributed by atoms with Crippen LogP contribution in [0.25, 0.3) is 5.57 Å². The summed E-state index contributed by atoms with van der Waals surface area (Å²) < 4.78 is 37.7. The average molecular weight is 254 g/mol. The third-order valence-electron chi connectivity index (χ3n) is 3.20. The molecule has 0 atom stereocenters. The fraction of sp³-hybridized carbons (Fsp3) is 0.357. The van der Waals surface area contributed by atoms with E-state index in [4.69, 9.17) is 0 Å². The SMILES string of the molecule is CC1(C)CC(c2ccccc2)=C1C(=O)C(F)(F)F. The Kier molecular flexibility index (Phi) is 2.84. The molecule has 0 spiro atoms. The Hall–Kier alpha value is -1.58. The Morgan fingerprint density at radius 2 is 1.72 bits per heavy atom. The lowest BCUT2D eigenvalue weighted by Crippen LogP contribution is -2.38. The van der Waals surface area contributed by atoms with Crippen LogP contribution in [0.4, 0.5) is 13.2 Å². The molecule has 0 fully saturated rings. The van der Waals surface area contributed by atoms with Crippen molar-refractivity contribution in [3.8, 4) is 0 Å². The summed E-state index contributed by atoms with van der Waals surface area (Å²) in [7, 11) is 0. The Bertz CT molecular complexity index is 510. The smallest absolute Gasteiger partial charge is 0.284 e. The molecule has 1 aromatic carbocycles. The zero-order valence-electron chi connectivity index (χ0n) is 10.1. The van der Waals surface area contributed by atoms with E-state index >= 15 is 0 Å². The highest BCUT2D eigenvalue weighted by molar-refractivity contribution is 6.10. The standard InChI is InChI=1S/C14H13F3O/c1-13(2)8-10(9-6-4-3-5-7-9)11(13)12(18)14(15,16)17/h3-7H,8H2,1-2H3. The van der Waals surface area contributed by atoms with Gasteiger partial charge in [0.15, 0.2) is 0 Å². The molecule has 0 bridgehead atoms. The van der Waals surface area contributed by atoms with Crippen LogP contribution in [0, 0.1) is 5.41 Å². The first-order valence-electron chi connectivity index (χ1n) is 5.64. The molecule has 1 aliphatic rings. The number of alkyl halides is 3. The molecule has 1 aliphatic carbocycles. The van der Waals surface area contributed by atoms with Gasteiger partial charge in [-0.2, -0.15) is 13.2 Å². The van der Waals surface area contributed by atoms with Gasteiger partial charge in [-0.1, -0.05) is 44.2 Å². The van der Waals surface area contributed by atoms with E-state index in [0.29, 0.717) is 17.6 Å². The van der Waals surface area contributed by atoms with Crippen molar-refractivity contribution in [3.05, 3.63) is 41.5 Å². The molecule has 2 rings (SSSR count). The van der Waals surface area contributed by atoms with Crippen molar-refractivity contribution in [2.75, 3.05) is 0 Å². The normalized spacial score (nSPS) is 18.5. The molecule has 0 N–H and O–H groups in total. The van der Waals surface area contributed by atoms with Crippen LogP contribution >= 0.6 is 0 Å². The van der Waals surface area contributed by atoms with Crippen molar-refractivity contribution in [1.29, 1.82) is 0 Å². The lowest BCUT2D eigenvalue weighted by Gasteiger charge is -2.40. The molecule has 96 valence electrons. The third kappa shape index (κ3) is 2.07. The van der Waals surface area contributed by atoms with E-state index in [9.17, 15) is 18.0 Å². The number of carbonyl (C=O) groups excluding carboxylic acids is 1. The minimum Gasteiger partial charge on any atom is -0.284 e. The second-order valence-corrected chi connectivity index (χ2v) is 5.11. The highest BCUT2D eigenvalue weighted by Crippen LogP contribution is 2.52. The van der Waals surface area contributed by atoms with E-state index in [2.05, 4.69) is 0 Å². The molecule has 4 heteroatoms. The minimum absolute atomic E-state index is 0.0961. The highest BCUT2D eigenvalue weighted by atomic mass is 19.4. The predicted molar refractivity (Wildman–Crippen MR) is 62.8 cm³/mol. The maximum atomic E-state index is 12.6. The molecule has 0 aromatic heterocycles. The van der Waals surface area contributed by atoms with Gasteiger partial charge in [0.1, 0.15) is 0 Å². The monoisotopic (exact) mass is 254 g/mol. The molecular formula is C14H13F3O. The Balaban J connectivity index is 2.49. The summed E-state index contributed by atoms with van der Waals surface area (Å²) >= 11 is 0. The number of Topliss-reactive ketones (excluding diaryl/α,β-unsaturated/α-hetero) is 1. The third-order valence-corrected chi connectivity index (χ3v) is 3.20. The first-order chi connectivity index (χ1) is 8.23. The van der Waals surface area contributed by atoms with E-state index in [1.165, 1.54) is 0 Å². The molecule has 0 saturated carbocycles. The molecule has 0 unspecified atom stereocenters. The van der Waals surface area contributed by atoms with Crippen LogP contribution in [0.1, 0.15) is 25.8 Å². The van der Waals surface area contributed by atoms with Crippen molar-refractivity contribution in [1.82, 2.24) is 0 Å². The molecule has 0 heterocycles. The van der Waals surface area contributed by atoms with Gasteiger partial charge in [0.2, 0.25) is 0 Å². The first kappa shape index (κ1) is 12.9. The number of allylic oxidation sites excluding steroid dienone is 2. The van der Waals surface area contributed by atoms with Crippen molar-refractivity contribution in [2.24, 2.45) is 5.41 Å². The second kappa shape index (κ2) is 3.97. The lowest BCUT2D eigenvalue weighted by molar-refractivity contribution is -0.168. The fourth-order valence-corrected chi connectivity index (χ4v) is 2.39. The van der Waals surface area contributed by atoms with Crippen LogP contribution in [-0.2, 0) is 4.79 Å². The van der Waals surface area contributed by atoms with E-state index in [1.54, 1.807) is 44.2 Å². The summed E-state index contributed by atoms with van der Waals surface area (Å²) in [5.74, 6) is -1.71. The summed E-state index contributed by atoms with van der Waals surface area (Å²) in [5.41, 5.74) is 0.422. The Morgan fingerprint density at radius 1 is 1.17 bits per heavy atom. The van der Waals surface area contributed by atoms with Crippen molar-refractivity contribution in [3.63, 3.8) is 0 Å². The largest absolute Gasteiger partial charge is 0.454 e. The zero-order valence-corrected chi connectivity index (χ0v) is 10.1. The molecule has 0 aliphatic heterocycles. The van der Waals surface area contributed by atoms with Gasteiger partial charge in [0, 0.05) is 5.57 Å². The Morgan fingerprint density at radius 3 is 2.17 bits per heavy atom. The summed E-state index contributed by atoms with van der Waals surface area (Å²) in [6, 6.07) is 8.76. The quantitative estimate of drug-likeness (QED) is 0.779. The van der Waals surface area contributed by atoms with E-state index in [-0.39, 0.29) is 5.57 Å². The van der Waals surface area contributed by atoms with Crippen molar-refractivity contribution in [2.45, 2.75) is 26.4 Å². The van der Waals surface area contributed by atoms with E-state index < -0.39 is 17.4 Å². The van der Waals surface area contributed by atoms with Crippen LogP contribution in [0.3, 0.4) is 0 Å². The van der Waals surface area contributed by atoms with Gasteiger partial charge >= 0.3 is 6.18 Å². The van der Waals surface area contributed by atoms with Gasteiger partial charge < -0.3 is 0 Å². The average Bonchev–Trinajstić information content (AvgIpc) is 2.26. The molecule has 18 heavy (non-hydrogen) atoms. The number of benzene rings is 1. The molecule has 0 saturated heterocycles. The maximum Gasteiger partial charge on any atom is 0.454 e.